The van der Waals surface area contributed by atoms with E-state index in [0.717, 1.165) is 12.1 Å². The van der Waals surface area contributed by atoms with Crippen LogP contribution in [0.5, 0.6) is 11.5 Å². The lowest BCUT2D eigenvalue weighted by atomic mass is 10.0. The van der Waals surface area contributed by atoms with E-state index >= 15 is 0 Å². The third kappa shape index (κ3) is 5.52. The van der Waals surface area contributed by atoms with E-state index in [1.807, 2.05) is 13.8 Å². The van der Waals surface area contributed by atoms with E-state index in [1.54, 1.807) is 25.1 Å². The van der Waals surface area contributed by atoms with Gasteiger partial charge in [-0.25, -0.2) is 0 Å². The number of nitrogens with one attached hydrogen (secondary N) is 1. The topological polar surface area (TPSA) is 47.6 Å². The highest BCUT2D eigenvalue weighted by Crippen LogP contribution is 2.33. The van der Waals surface area contributed by atoms with E-state index in [4.69, 9.17) is 9.47 Å². The summed E-state index contributed by atoms with van der Waals surface area (Å²) >= 11 is 0. The Kier molecular flexibility index (Phi) is 7.09. The van der Waals surface area contributed by atoms with Gasteiger partial charge in [-0.3, -0.25) is 4.79 Å². The zero-order valence-electron chi connectivity index (χ0n) is 15.9. The summed E-state index contributed by atoms with van der Waals surface area (Å²) in [6.07, 6.45) is -3.05. The molecule has 1 aliphatic heterocycles. The van der Waals surface area contributed by atoms with Gasteiger partial charge in [-0.2, -0.15) is 13.2 Å². The Labute approximate surface area is 162 Å². The molecule has 0 spiro atoms. The van der Waals surface area contributed by atoms with Crippen LogP contribution in [-0.2, 0) is 11.0 Å². The monoisotopic (exact) mass is 393 g/mol. The highest BCUT2D eigenvalue weighted by atomic mass is 19.4. The standard InChI is InChI=1S/C19H16F3NO3.C2H6/c1-12(13-2-4-14(5-3-13)19(20,21)22)10-18(24)23-15-6-7-16-17(11-15)26-9-8-25-16;1-2/h2-7,10-11H,8-9H2,1H3,(H,23,24);1-2H3/b12-10+;. The van der Waals surface area contributed by atoms with Gasteiger partial charge in [0.2, 0.25) is 5.91 Å². The molecule has 4 nitrogen and oxygen atoms in total. The molecule has 0 aliphatic carbocycles. The number of amides is 1. The lowest BCUT2D eigenvalue weighted by Gasteiger charge is -2.18. The molecule has 0 aromatic heterocycles. The van der Waals surface area contributed by atoms with Crippen LogP contribution in [0.3, 0.4) is 0 Å². The van der Waals surface area contributed by atoms with Crippen molar-refractivity contribution in [1.82, 2.24) is 0 Å². The zero-order chi connectivity index (χ0) is 20.7. The van der Waals surface area contributed by atoms with Crippen LogP contribution in [0.15, 0.2) is 48.5 Å². The number of anilines is 1. The van der Waals surface area contributed by atoms with Gasteiger partial charge < -0.3 is 14.8 Å². The van der Waals surface area contributed by atoms with Crippen LogP contribution in [-0.4, -0.2) is 19.1 Å². The fourth-order valence-corrected chi connectivity index (χ4v) is 2.50. The molecule has 0 fully saturated rings. The molecule has 0 radical (unpaired) electrons. The molecule has 2 aromatic carbocycles. The highest BCUT2D eigenvalue weighted by molar-refractivity contribution is 6.03. The fraction of sp³-hybridized carbons (Fsp3) is 0.286. The Morgan fingerprint density at radius 3 is 2.21 bits per heavy atom. The summed E-state index contributed by atoms with van der Waals surface area (Å²) < 4.78 is 48.6. The van der Waals surface area contributed by atoms with Gasteiger partial charge in [0.25, 0.3) is 0 Å². The average Bonchev–Trinajstić information content (AvgIpc) is 2.68. The lowest BCUT2D eigenvalue weighted by Crippen LogP contribution is -2.16. The molecule has 0 unspecified atom stereocenters. The molecular formula is C21H22F3NO3. The highest BCUT2D eigenvalue weighted by Gasteiger charge is 2.29. The summed E-state index contributed by atoms with van der Waals surface area (Å²) in [6.45, 7) is 6.58. The predicted octanol–water partition coefficient (Wildman–Crippen LogP) is 5.54. The number of rotatable bonds is 3. The number of carbonyl (C=O) groups excluding carboxylic acids is 1. The van der Waals surface area contributed by atoms with Crippen LogP contribution in [0.1, 0.15) is 31.9 Å². The minimum absolute atomic E-state index is 0.390. The second kappa shape index (κ2) is 9.30. The maximum Gasteiger partial charge on any atom is 0.416 e. The van der Waals surface area contributed by atoms with Crippen molar-refractivity contribution in [3.63, 3.8) is 0 Å². The van der Waals surface area contributed by atoms with E-state index < -0.39 is 11.7 Å². The van der Waals surface area contributed by atoms with Crippen LogP contribution in [0.4, 0.5) is 18.9 Å². The smallest absolute Gasteiger partial charge is 0.416 e. The molecule has 28 heavy (non-hydrogen) atoms. The molecule has 2 aromatic rings. The molecule has 1 aliphatic rings. The van der Waals surface area contributed by atoms with Crippen LogP contribution in [0.25, 0.3) is 5.57 Å². The van der Waals surface area contributed by atoms with Crippen LogP contribution < -0.4 is 14.8 Å². The van der Waals surface area contributed by atoms with E-state index in [2.05, 4.69) is 5.32 Å². The van der Waals surface area contributed by atoms with Gasteiger partial charge in [-0.1, -0.05) is 26.0 Å². The molecular weight excluding hydrogens is 371 g/mol. The second-order valence-electron chi connectivity index (χ2n) is 5.75. The SMILES string of the molecule is C/C(=C\C(=O)Nc1ccc2c(c1)OCCO2)c1ccc(C(F)(F)F)cc1.CC. The fourth-order valence-electron chi connectivity index (χ4n) is 2.50. The van der Waals surface area contributed by atoms with Gasteiger partial charge in [0, 0.05) is 17.8 Å². The second-order valence-corrected chi connectivity index (χ2v) is 5.75. The first-order valence-electron chi connectivity index (χ1n) is 8.89. The Bertz CT molecular complexity index is 843. The zero-order valence-corrected chi connectivity index (χ0v) is 15.9. The molecule has 3 rings (SSSR count). The maximum absolute atomic E-state index is 12.6. The Balaban J connectivity index is 0.00000136. The minimum atomic E-state index is -4.38. The van der Waals surface area contributed by atoms with Crippen molar-refractivity contribution < 1.29 is 27.4 Å². The van der Waals surface area contributed by atoms with Crippen molar-refractivity contribution in [3.05, 3.63) is 59.7 Å². The number of hydrogen-bond donors (Lipinski definition) is 1. The number of benzene rings is 2. The first-order valence-corrected chi connectivity index (χ1v) is 8.89. The first-order chi connectivity index (χ1) is 13.3. The summed E-state index contributed by atoms with van der Waals surface area (Å²) in [7, 11) is 0. The van der Waals surface area contributed by atoms with Gasteiger partial charge in [-0.15, -0.1) is 0 Å². The van der Waals surface area contributed by atoms with Crippen LogP contribution >= 0.6 is 0 Å². The minimum Gasteiger partial charge on any atom is -0.486 e. The van der Waals surface area contributed by atoms with Crippen molar-refractivity contribution in [2.75, 3.05) is 18.5 Å². The number of alkyl halides is 3. The number of ether oxygens (including phenoxy) is 2. The first kappa shape index (κ1) is 21.3. The summed E-state index contributed by atoms with van der Waals surface area (Å²) in [4.78, 5) is 12.2. The van der Waals surface area contributed by atoms with E-state index in [-0.39, 0.29) is 5.91 Å². The summed E-state index contributed by atoms with van der Waals surface area (Å²) in [5.74, 6) is 0.780. The number of allylic oxidation sites excluding steroid dienone is 1. The van der Waals surface area contributed by atoms with Crippen molar-refractivity contribution in [3.8, 4) is 11.5 Å². The molecule has 7 heteroatoms. The molecule has 1 N–H and O–H groups in total. The third-order valence-corrected chi connectivity index (χ3v) is 3.82. The van der Waals surface area contributed by atoms with E-state index in [0.29, 0.717) is 41.5 Å². The number of halogens is 3. The largest absolute Gasteiger partial charge is 0.486 e. The number of carbonyl (C=O) groups is 1. The normalized spacial score (nSPS) is 13.3. The van der Waals surface area contributed by atoms with Gasteiger partial charge in [-0.05, 0) is 42.3 Å². The summed E-state index contributed by atoms with van der Waals surface area (Å²) in [6, 6.07) is 9.71. The summed E-state index contributed by atoms with van der Waals surface area (Å²) in [5.41, 5.74) is 0.898. The Morgan fingerprint density at radius 1 is 1.00 bits per heavy atom. The van der Waals surface area contributed by atoms with E-state index in [9.17, 15) is 18.0 Å². The van der Waals surface area contributed by atoms with Crippen LogP contribution in [0.2, 0.25) is 0 Å². The van der Waals surface area contributed by atoms with Gasteiger partial charge in [0.05, 0.1) is 5.56 Å². The maximum atomic E-state index is 12.6. The molecule has 0 saturated heterocycles. The molecule has 1 heterocycles. The lowest BCUT2D eigenvalue weighted by molar-refractivity contribution is -0.137. The van der Waals surface area contributed by atoms with Gasteiger partial charge >= 0.3 is 6.18 Å². The molecule has 1 amide bonds. The number of hydrogen-bond acceptors (Lipinski definition) is 3. The van der Waals surface area contributed by atoms with Gasteiger partial charge in [0.1, 0.15) is 13.2 Å². The van der Waals surface area contributed by atoms with E-state index in [1.165, 1.54) is 18.2 Å². The molecule has 0 saturated carbocycles. The Hall–Kier alpha value is -2.96. The van der Waals surface area contributed by atoms with Gasteiger partial charge in [0.15, 0.2) is 11.5 Å². The third-order valence-electron chi connectivity index (χ3n) is 3.82. The number of fused-ring (bicyclic) bond motifs is 1. The van der Waals surface area contributed by atoms with Crippen LogP contribution in [0, 0.1) is 0 Å². The predicted molar refractivity (Wildman–Crippen MR) is 103 cm³/mol. The molecule has 0 bridgehead atoms. The van der Waals surface area contributed by atoms with Crippen molar-refractivity contribution in [2.45, 2.75) is 26.9 Å². The van der Waals surface area contributed by atoms with Crippen molar-refractivity contribution >= 4 is 17.2 Å². The van der Waals surface area contributed by atoms with Crippen molar-refractivity contribution in [1.29, 1.82) is 0 Å². The Morgan fingerprint density at radius 2 is 1.61 bits per heavy atom. The average molecular weight is 393 g/mol. The summed E-state index contributed by atoms with van der Waals surface area (Å²) in [5, 5.41) is 2.70. The quantitative estimate of drug-likeness (QED) is 0.696. The molecule has 150 valence electrons. The van der Waals surface area contributed by atoms with Crippen molar-refractivity contribution in [2.24, 2.45) is 0 Å². The molecule has 0 atom stereocenters.